The van der Waals surface area contributed by atoms with Crippen molar-refractivity contribution >= 4 is 0 Å². The summed E-state index contributed by atoms with van der Waals surface area (Å²) in [4.78, 5) is 4.49. The van der Waals surface area contributed by atoms with Gasteiger partial charge in [-0.2, -0.15) is 0 Å². The van der Waals surface area contributed by atoms with Crippen molar-refractivity contribution in [3.8, 4) is 0 Å². The van der Waals surface area contributed by atoms with E-state index in [2.05, 4.69) is 36.3 Å². The number of ether oxygens (including phenoxy) is 1. The Morgan fingerprint density at radius 3 is 3.06 bits per heavy atom. The van der Waals surface area contributed by atoms with Gasteiger partial charge in [0, 0.05) is 12.6 Å². The highest BCUT2D eigenvalue weighted by molar-refractivity contribution is 5.27. The predicted octanol–water partition coefficient (Wildman–Crippen LogP) is 2.73. The van der Waals surface area contributed by atoms with Gasteiger partial charge in [-0.25, -0.2) is 0 Å². The molecule has 3 heteroatoms. The molecule has 0 aliphatic carbocycles. The fourth-order valence-electron chi connectivity index (χ4n) is 2.06. The van der Waals surface area contributed by atoms with Crippen molar-refractivity contribution in [1.29, 1.82) is 0 Å². The van der Waals surface area contributed by atoms with E-state index in [0.717, 1.165) is 37.4 Å². The molecule has 2 rings (SSSR count). The Balaban J connectivity index is 2.23. The van der Waals surface area contributed by atoms with E-state index in [-0.39, 0.29) is 6.04 Å². The van der Waals surface area contributed by atoms with Crippen LogP contribution in [0.25, 0.3) is 0 Å². The fraction of sp³-hybridized carbons (Fsp3) is 0.500. The maximum Gasteiger partial charge on any atom is 0.115 e. The predicted molar refractivity (Wildman–Crippen MR) is 68.7 cm³/mol. The third-order valence-corrected chi connectivity index (χ3v) is 2.94. The average Bonchev–Trinajstić information content (AvgIpc) is 2.85. The first kappa shape index (κ1) is 12.1. The zero-order chi connectivity index (χ0) is 12.1. The van der Waals surface area contributed by atoms with Gasteiger partial charge in [-0.3, -0.25) is 4.98 Å². The summed E-state index contributed by atoms with van der Waals surface area (Å²) >= 11 is 0. The second-order valence-corrected chi connectivity index (χ2v) is 4.34. The van der Waals surface area contributed by atoms with Crippen LogP contribution in [-0.2, 0) is 4.74 Å². The monoisotopic (exact) mass is 232 g/mol. The van der Waals surface area contributed by atoms with Crippen LogP contribution in [0, 0.1) is 6.92 Å². The third kappa shape index (κ3) is 2.86. The van der Waals surface area contributed by atoms with Gasteiger partial charge in [0.05, 0.1) is 12.3 Å². The van der Waals surface area contributed by atoms with Gasteiger partial charge in [0.2, 0.25) is 0 Å². The largest absolute Gasteiger partial charge is 0.496 e. The van der Waals surface area contributed by atoms with E-state index in [0.29, 0.717) is 0 Å². The lowest BCUT2D eigenvalue weighted by Gasteiger charge is -2.20. The zero-order valence-corrected chi connectivity index (χ0v) is 10.6. The van der Waals surface area contributed by atoms with Crippen LogP contribution in [0.5, 0.6) is 0 Å². The molecule has 2 heterocycles. The highest BCUT2D eigenvalue weighted by atomic mass is 16.5. The quantitative estimate of drug-likeness (QED) is 0.847. The molecule has 0 saturated carbocycles. The van der Waals surface area contributed by atoms with E-state index in [1.165, 1.54) is 5.56 Å². The van der Waals surface area contributed by atoms with E-state index >= 15 is 0 Å². The van der Waals surface area contributed by atoms with Crippen LogP contribution < -0.4 is 5.32 Å². The number of aromatic nitrogens is 1. The van der Waals surface area contributed by atoms with Gasteiger partial charge in [0.25, 0.3) is 0 Å². The number of pyridine rings is 1. The molecule has 0 radical (unpaired) electrons. The molecule has 1 aliphatic rings. The lowest BCUT2D eigenvalue weighted by Crippen LogP contribution is -2.25. The van der Waals surface area contributed by atoms with Gasteiger partial charge in [0.1, 0.15) is 11.8 Å². The van der Waals surface area contributed by atoms with Crippen LogP contribution in [-0.4, -0.2) is 18.1 Å². The summed E-state index contributed by atoms with van der Waals surface area (Å²) in [5.74, 6) is 1.03. The van der Waals surface area contributed by atoms with Gasteiger partial charge in [-0.15, -0.1) is 0 Å². The van der Waals surface area contributed by atoms with Crippen molar-refractivity contribution in [2.75, 3.05) is 13.2 Å². The number of hydrogen-bond donors (Lipinski definition) is 1. The van der Waals surface area contributed by atoms with Crippen LogP contribution in [0.4, 0.5) is 0 Å². The standard InChI is InChI=1S/C14H20N2O/c1-3-8-15-14(12-7-5-10-17-12)13-11(2)6-4-9-16-13/h4,6-7,9,14-15H,3,5,8,10H2,1-2H3. The molecular weight excluding hydrogens is 212 g/mol. The molecule has 0 fully saturated rings. The smallest absolute Gasteiger partial charge is 0.115 e. The van der Waals surface area contributed by atoms with E-state index < -0.39 is 0 Å². The highest BCUT2D eigenvalue weighted by Gasteiger charge is 2.22. The van der Waals surface area contributed by atoms with Gasteiger partial charge in [0.15, 0.2) is 0 Å². The van der Waals surface area contributed by atoms with Crippen molar-refractivity contribution in [2.45, 2.75) is 32.7 Å². The van der Waals surface area contributed by atoms with Crippen LogP contribution in [0.1, 0.15) is 37.1 Å². The molecule has 1 N–H and O–H groups in total. The molecule has 0 aromatic carbocycles. The maximum atomic E-state index is 5.68. The molecule has 1 aromatic heterocycles. The first-order valence-corrected chi connectivity index (χ1v) is 6.30. The molecule has 1 atom stereocenters. The summed E-state index contributed by atoms with van der Waals surface area (Å²) in [7, 11) is 0. The Morgan fingerprint density at radius 1 is 1.53 bits per heavy atom. The van der Waals surface area contributed by atoms with Gasteiger partial charge in [-0.1, -0.05) is 13.0 Å². The SMILES string of the molecule is CCCNC(C1=CCCO1)c1ncccc1C. The van der Waals surface area contributed by atoms with Crippen molar-refractivity contribution in [3.05, 3.63) is 41.4 Å². The third-order valence-electron chi connectivity index (χ3n) is 2.94. The van der Waals surface area contributed by atoms with Crippen LogP contribution >= 0.6 is 0 Å². The molecule has 1 aliphatic heterocycles. The second-order valence-electron chi connectivity index (χ2n) is 4.34. The number of rotatable bonds is 5. The fourth-order valence-corrected chi connectivity index (χ4v) is 2.06. The Bertz CT molecular complexity index is 401. The summed E-state index contributed by atoms with van der Waals surface area (Å²) in [6.07, 6.45) is 6.13. The number of aryl methyl sites for hydroxylation is 1. The lowest BCUT2D eigenvalue weighted by atomic mass is 10.1. The highest BCUT2D eigenvalue weighted by Crippen LogP contribution is 2.26. The van der Waals surface area contributed by atoms with Crippen LogP contribution in [0.3, 0.4) is 0 Å². The average molecular weight is 232 g/mol. The minimum absolute atomic E-state index is 0.110. The summed E-state index contributed by atoms with van der Waals surface area (Å²) in [6.45, 7) is 6.03. The minimum atomic E-state index is 0.110. The molecule has 0 amide bonds. The minimum Gasteiger partial charge on any atom is -0.496 e. The molecule has 1 unspecified atom stereocenters. The number of nitrogens with one attached hydrogen (secondary N) is 1. The van der Waals surface area contributed by atoms with Crippen molar-refractivity contribution in [2.24, 2.45) is 0 Å². The Kier molecular flexibility index (Phi) is 4.15. The summed E-state index contributed by atoms with van der Waals surface area (Å²) in [5, 5.41) is 3.51. The van der Waals surface area contributed by atoms with Crippen molar-refractivity contribution < 1.29 is 4.74 Å². The Hall–Kier alpha value is -1.35. The molecule has 0 bridgehead atoms. The van der Waals surface area contributed by atoms with E-state index in [9.17, 15) is 0 Å². The molecule has 3 nitrogen and oxygen atoms in total. The van der Waals surface area contributed by atoms with E-state index in [4.69, 9.17) is 4.74 Å². The second kappa shape index (κ2) is 5.82. The number of hydrogen-bond acceptors (Lipinski definition) is 3. The molecule has 1 aromatic rings. The Morgan fingerprint density at radius 2 is 2.41 bits per heavy atom. The van der Waals surface area contributed by atoms with Crippen molar-refractivity contribution in [3.63, 3.8) is 0 Å². The topological polar surface area (TPSA) is 34.1 Å². The Labute approximate surface area is 103 Å². The van der Waals surface area contributed by atoms with Gasteiger partial charge < -0.3 is 10.1 Å². The van der Waals surface area contributed by atoms with Crippen molar-refractivity contribution in [1.82, 2.24) is 10.3 Å². The molecular formula is C14H20N2O. The summed E-state index contributed by atoms with van der Waals surface area (Å²) < 4.78 is 5.68. The maximum absolute atomic E-state index is 5.68. The summed E-state index contributed by atoms with van der Waals surface area (Å²) in [5.41, 5.74) is 2.28. The first-order valence-electron chi connectivity index (χ1n) is 6.30. The molecule has 0 spiro atoms. The number of nitrogens with zero attached hydrogens (tertiary/aromatic N) is 1. The molecule has 0 saturated heterocycles. The lowest BCUT2D eigenvalue weighted by molar-refractivity contribution is 0.214. The molecule has 92 valence electrons. The van der Waals surface area contributed by atoms with Gasteiger partial charge >= 0.3 is 0 Å². The van der Waals surface area contributed by atoms with E-state index in [1.807, 2.05) is 12.3 Å². The van der Waals surface area contributed by atoms with Gasteiger partial charge in [-0.05, 0) is 37.6 Å². The zero-order valence-electron chi connectivity index (χ0n) is 10.6. The molecule has 17 heavy (non-hydrogen) atoms. The van der Waals surface area contributed by atoms with Crippen LogP contribution in [0.2, 0.25) is 0 Å². The normalized spacial score (nSPS) is 16.5. The van der Waals surface area contributed by atoms with Crippen LogP contribution in [0.15, 0.2) is 30.2 Å². The first-order chi connectivity index (χ1) is 8.33. The van der Waals surface area contributed by atoms with E-state index in [1.54, 1.807) is 0 Å². The summed E-state index contributed by atoms with van der Waals surface area (Å²) in [6, 6.07) is 4.18.